The molecule has 2 N–H and O–H groups in total. The van der Waals surface area contributed by atoms with Gasteiger partial charge in [0, 0.05) is 13.1 Å². The molecular weight excluding hydrogens is 188 g/mol. The molecule has 0 bridgehead atoms. The van der Waals surface area contributed by atoms with Gasteiger partial charge in [0.2, 0.25) is 0 Å². The van der Waals surface area contributed by atoms with Gasteiger partial charge in [-0.25, -0.2) is 0 Å². The lowest BCUT2D eigenvalue weighted by molar-refractivity contribution is 0.243. The first kappa shape index (κ1) is 10.4. The van der Waals surface area contributed by atoms with E-state index in [9.17, 15) is 0 Å². The quantitative estimate of drug-likeness (QED) is 0.783. The molecule has 1 aliphatic heterocycles. The first-order valence-corrected chi connectivity index (χ1v) is 5.35. The predicted octanol–water partition coefficient (Wildman–Crippen LogP) is 0.959. The van der Waals surface area contributed by atoms with Crippen molar-refractivity contribution in [3.63, 3.8) is 0 Å². The molecular formula is C11H18N4. The van der Waals surface area contributed by atoms with E-state index in [0.717, 1.165) is 24.6 Å². The maximum absolute atomic E-state index is 6.21. The monoisotopic (exact) mass is 206 g/mol. The van der Waals surface area contributed by atoms with E-state index in [4.69, 9.17) is 5.73 Å². The van der Waals surface area contributed by atoms with Crippen molar-refractivity contribution in [2.45, 2.75) is 26.3 Å². The second-order valence-corrected chi connectivity index (χ2v) is 4.78. The highest BCUT2D eigenvalue weighted by molar-refractivity contribution is 5.43. The van der Waals surface area contributed by atoms with Crippen LogP contribution in [0, 0.1) is 12.8 Å². The van der Waals surface area contributed by atoms with Gasteiger partial charge in [0.25, 0.3) is 0 Å². The number of hydrogen-bond acceptors (Lipinski definition) is 4. The van der Waals surface area contributed by atoms with Crippen LogP contribution < -0.4 is 10.6 Å². The van der Waals surface area contributed by atoms with Gasteiger partial charge < -0.3 is 10.6 Å². The molecule has 1 aliphatic rings. The molecule has 0 aliphatic carbocycles. The van der Waals surface area contributed by atoms with Crippen LogP contribution >= 0.6 is 0 Å². The standard InChI is InChI=1S/C11H18N4/c1-8(2)11(12)6-15(7-11)10-5-4-9(3)13-14-10/h4-5,8H,6-7,12H2,1-3H3. The fourth-order valence-corrected chi connectivity index (χ4v) is 1.75. The van der Waals surface area contributed by atoms with E-state index in [1.807, 2.05) is 19.1 Å². The molecule has 2 heterocycles. The van der Waals surface area contributed by atoms with Gasteiger partial charge >= 0.3 is 0 Å². The Morgan fingerprint density at radius 2 is 2.00 bits per heavy atom. The van der Waals surface area contributed by atoms with Crippen LogP contribution in [-0.2, 0) is 0 Å². The van der Waals surface area contributed by atoms with E-state index < -0.39 is 0 Å². The number of nitrogens with zero attached hydrogens (tertiary/aromatic N) is 3. The Morgan fingerprint density at radius 1 is 1.33 bits per heavy atom. The molecule has 2 rings (SSSR count). The van der Waals surface area contributed by atoms with Crippen LogP contribution in [0.2, 0.25) is 0 Å². The van der Waals surface area contributed by atoms with Crippen LogP contribution in [0.3, 0.4) is 0 Å². The van der Waals surface area contributed by atoms with Crippen molar-refractivity contribution in [3.05, 3.63) is 17.8 Å². The minimum atomic E-state index is -0.0490. The molecule has 0 spiro atoms. The zero-order valence-electron chi connectivity index (χ0n) is 9.57. The number of hydrogen-bond donors (Lipinski definition) is 1. The summed E-state index contributed by atoms with van der Waals surface area (Å²) in [7, 11) is 0. The summed E-state index contributed by atoms with van der Waals surface area (Å²) in [5.74, 6) is 1.44. The van der Waals surface area contributed by atoms with Crippen molar-refractivity contribution in [1.29, 1.82) is 0 Å². The Morgan fingerprint density at radius 3 is 2.47 bits per heavy atom. The van der Waals surface area contributed by atoms with E-state index in [2.05, 4.69) is 28.9 Å². The third-order valence-corrected chi connectivity index (χ3v) is 3.23. The summed E-state index contributed by atoms with van der Waals surface area (Å²) >= 11 is 0. The van der Waals surface area contributed by atoms with Crippen LogP contribution in [0.15, 0.2) is 12.1 Å². The normalized spacial score (nSPS) is 19.1. The molecule has 1 aromatic heterocycles. The van der Waals surface area contributed by atoms with Crippen LogP contribution in [0.25, 0.3) is 0 Å². The Hall–Kier alpha value is -1.16. The molecule has 15 heavy (non-hydrogen) atoms. The van der Waals surface area contributed by atoms with Gasteiger partial charge in [-0.05, 0) is 25.0 Å². The van der Waals surface area contributed by atoms with Crippen molar-refractivity contribution in [2.75, 3.05) is 18.0 Å². The first-order valence-electron chi connectivity index (χ1n) is 5.35. The van der Waals surface area contributed by atoms with E-state index in [1.54, 1.807) is 0 Å². The van der Waals surface area contributed by atoms with Crippen LogP contribution in [0.1, 0.15) is 19.5 Å². The lowest BCUT2D eigenvalue weighted by atomic mass is 9.80. The van der Waals surface area contributed by atoms with Crippen molar-refractivity contribution in [2.24, 2.45) is 11.7 Å². The highest BCUT2D eigenvalue weighted by Crippen LogP contribution is 2.29. The predicted molar refractivity (Wildman–Crippen MR) is 60.7 cm³/mol. The summed E-state index contributed by atoms with van der Waals surface area (Å²) in [5, 5.41) is 8.19. The summed E-state index contributed by atoms with van der Waals surface area (Å²) in [6.07, 6.45) is 0. The summed E-state index contributed by atoms with van der Waals surface area (Å²) in [4.78, 5) is 2.17. The zero-order chi connectivity index (χ0) is 11.1. The number of aryl methyl sites for hydroxylation is 1. The van der Waals surface area contributed by atoms with Crippen molar-refractivity contribution in [3.8, 4) is 0 Å². The summed E-state index contributed by atoms with van der Waals surface area (Å²) in [6, 6.07) is 3.98. The minimum absolute atomic E-state index is 0.0490. The van der Waals surface area contributed by atoms with Crippen molar-refractivity contribution < 1.29 is 0 Å². The number of aromatic nitrogens is 2. The average molecular weight is 206 g/mol. The largest absolute Gasteiger partial charge is 0.351 e. The van der Waals surface area contributed by atoms with E-state index in [1.165, 1.54) is 0 Å². The SMILES string of the molecule is Cc1ccc(N2CC(N)(C(C)C)C2)nn1. The molecule has 82 valence electrons. The summed E-state index contributed by atoms with van der Waals surface area (Å²) in [6.45, 7) is 8.02. The fraction of sp³-hybridized carbons (Fsp3) is 0.636. The van der Waals surface area contributed by atoms with Gasteiger partial charge in [-0.2, -0.15) is 5.10 Å². The molecule has 0 amide bonds. The Kier molecular flexibility index (Phi) is 2.38. The second-order valence-electron chi connectivity index (χ2n) is 4.78. The molecule has 0 saturated carbocycles. The van der Waals surface area contributed by atoms with Gasteiger partial charge in [0.1, 0.15) is 0 Å². The topological polar surface area (TPSA) is 55.0 Å². The molecule has 1 fully saturated rings. The third kappa shape index (κ3) is 1.81. The molecule has 0 radical (unpaired) electrons. The lowest BCUT2D eigenvalue weighted by Crippen LogP contribution is -2.70. The Bertz CT molecular complexity index is 338. The van der Waals surface area contributed by atoms with Crippen LogP contribution in [0.5, 0.6) is 0 Å². The van der Waals surface area contributed by atoms with E-state index in [0.29, 0.717) is 5.92 Å². The molecule has 4 heteroatoms. The highest BCUT2D eigenvalue weighted by Gasteiger charge is 2.42. The zero-order valence-corrected chi connectivity index (χ0v) is 9.57. The molecule has 0 unspecified atom stereocenters. The van der Waals surface area contributed by atoms with Crippen LogP contribution in [-0.4, -0.2) is 28.8 Å². The van der Waals surface area contributed by atoms with Crippen molar-refractivity contribution >= 4 is 5.82 Å². The molecule has 1 saturated heterocycles. The van der Waals surface area contributed by atoms with Gasteiger partial charge in [-0.1, -0.05) is 13.8 Å². The highest BCUT2D eigenvalue weighted by atomic mass is 15.3. The summed E-state index contributed by atoms with van der Waals surface area (Å²) < 4.78 is 0. The molecule has 4 nitrogen and oxygen atoms in total. The van der Waals surface area contributed by atoms with Gasteiger partial charge in [0.15, 0.2) is 5.82 Å². The van der Waals surface area contributed by atoms with Crippen molar-refractivity contribution in [1.82, 2.24) is 10.2 Å². The third-order valence-electron chi connectivity index (χ3n) is 3.23. The van der Waals surface area contributed by atoms with E-state index in [-0.39, 0.29) is 5.54 Å². The Labute approximate surface area is 90.5 Å². The van der Waals surface area contributed by atoms with Gasteiger partial charge in [-0.3, -0.25) is 0 Å². The maximum atomic E-state index is 6.21. The summed E-state index contributed by atoms with van der Waals surface area (Å²) in [5.41, 5.74) is 7.11. The number of nitrogens with two attached hydrogens (primary N) is 1. The Balaban J connectivity index is 2.03. The average Bonchev–Trinajstić information content (AvgIpc) is 2.14. The molecule has 0 atom stereocenters. The maximum Gasteiger partial charge on any atom is 0.151 e. The minimum Gasteiger partial charge on any atom is -0.351 e. The fourth-order valence-electron chi connectivity index (χ4n) is 1.75. The van der Waals surface area contributed by atoms with Gasteiger partial charge in [-0.15, -0.1) is 5.10 Å². The lowest BCUT2D eigenvalue weighted by Gasteiger charge is -2.50. The smallest absolute Gasteiger partial charge is 0.151 e. The molecule has 1 aromatic rings. The second kappa shape index (κ2) is 3.45. The number of anilines is 1. The van der Waals surface area contributed by atoms with E-state index >= 15 is 0 Å². The van der Waals surface area contributed by atoms with Gasteiger partial charge in [0.05, 0.1) is 11.2 Å². The first-order chi connectivity index (χ1) is 7.01. The molecule has 0 aromatic carbocycles. The van der Waals surface area contributed by atoms with Crippen LogP contribution in [0.4, 0.5) is 5.82 Å². The number of rotatable bonds is 2.